The molecule has 0 aliphatic carbocycles. The number of ether oxygens (including phenoxy) is 1. The van der Waals surface area contributed by atoms with E-state index < -0.39 is 4.92 Å². The molecule has 6 nitrogen and oxygen atoms in total. The maximum Gasteiger partial charge on any atom is 0.338 e. The molecule has 120 valence electrons. The van der Waals surface area contributed by atoms with Crippen molar-refractivity contribution in [2.75, 3.05) is 11.9 Å². The molecule has 0 aliphatic rings. The van der Waals surface area contributed by atoms with Crippen molar-refractivity contribution in [2.45, 2.75) is 19.9 Å². The van der Waals surface area contributed by atoms with Crippen LogP contribution in [0.5, 0.6) is 0 Å². The Hall–Kier alpha value is -2.89. The number of para-hydroxylation sites is 1. The van der Waals surface area contributed by atoms with Crippen molar-refractivity contribution >= 4 is 17.3 Å². The van der Waals surface area contributed by atoms with E-state index in [2.05, 4.69) is 5.32 Å². The molecule has 0 aliphatic heterocycles. The molecule has 0 amide bonds. The van der Waals surface area contributed by atoms with Crippen molar-refractivity contribution in [2.24, 2.45) is 0 Å². The lowest BCUT2D eigenvalue weighted by Crippen LogP contribution is -2.06. The van der Waals surface area contributed by atoms with Gasteiger partial charge >= 0.3 is 5.97 Å². The molecule has 0 spiro atoms. The van der Waals surface area contributed by atoms with Crippen LogP contribution in [0.1, 0.15) is 29.3 Å². The van der Waals surface area contributed by atoms with Gasteiger partial charge in [0, 0.05) is 23.9 Å². The Labute approximate surface area is 134 Å². The topological polar surface area (TPSA) is 81.5 Å². The van der Waals surface area contributed by atoms with E-state index in [1.165, 1.54) is 6.07 Å². The molecule has 0 aromatic heterocycles. The number of hydrogen-bond acceptors (Lipinski definition) is 5. The molecule has 0 heterocycles. The summed E-state index contributed by atoms with van der Waals surface area (Å²) in [6.07, 6.45) is 0.779. The largest absolute Gasteiger partial charge is 0.462 e. The lowest BCUT2D eigenvalue weighted by molar-refractivity contribution is -0.385. The first-order chi connectivity index (χ1) is 11.1. The first-order valence-electron chi connectivity index (χ1n) is 7.35. The van der Waals surface area contributed by atoms with E-state index in [1.807, 2.05) is 6.92 Å². The SMILES string of the molecule is CCCOC(=O)c1ccc(NCc2ccccc2[N+](=O)[O-])cc1. The molecule has 0 radical (unpaired) electrons. The summed E-state index contributed by atoms with van der Waals surface area (Å²) in [5.74, 6) is -0.350. The minimum Gasteiger partial charge on any atom is -0.462 e. The molecule has 0 unspecified atom stereocenters. The Bertz CT molecular complexity index is 683. The number of nitro groups is 1. The van der Waals surface area contributed by atoms with Crippen molar-refractivity contribution in [1.29, 1.82) is 0 Å². The summed E-state index contributed by atoms with van der Waals surface area (Å²) in [6, 6.07) is 13.4. The van der Waals surface area contributed by atoms with Crippen molar-refractivity contribution in [3.63, 3.8) is 0 Å². The second kappa shape index (κ2) is 7.93. The number of carbonyl (C=O) groups is 1. The van der Waals surface area contributed by atoms with E-state index in [0.29, 0.717) is 24.3 Å². The molecular formula is C17H18N2O4. The molecule has 6 heteroatoms. The monoisotopic (exact) mass is 314 g/mol. The third-order valence-electron chi connectivity index (χ3n) is 3.23. The number of anilines is 1. The number of nitrogens with one attached hydrogen (secondary N) is 1. The first-order valence-corrected chi connectivity index (χ1v) is 7.35. The summed E-state index contributed by atoms with van der Waals surface area (Å²) in [5, 5.41) is 14.1. The quantitative estimate of drug-likeness (QED) is 0.478. The van der Waals surface area contributed by atoms with Crippen LogP contribution < -0.4 is 5.32 Å². The third-order valence-corrected chi connectivity index (χ3v) is 3.23. The van der Waals surface area contributed by atoms with Crippen LogP contribution in [0.25, 0.3) is 0 Å². The zero-order valence-corrected chi connectivity index (χ0v) is 12.8. The number of nitro benzene ring substituents is 1. The van der Waals surface area contributed by atoms with Gasteiger partial charge in [-0.25, -0.2) is 4.79 Å². The molecule has 0 saturated heterocycles. The van der Waals surface area contributed by atoms with Gasteiger partial charge < -0.3 is 10.1 Å². The second-order valence-electron chi connectivity index (χ2n) is 4.95. The van der Waals surface area contributed by atoms with E-state index in [1.54, 1.807) is 42.5 Å². The average molecular weight is 314 g/mol. The fourth-order valence-corrected chi connectivity index (χ4v) is 2.04. The fraction of sp³-hybridized carbons (Fsp3) is 0.235. The number of rotatable bonds is 7. The van der Waals surface area contributed by atoms with Crippen LogP contribution in [0.2, 0.25) is 0 Å². The van der Waals surface area contributed by atoms with Crippen LogP contribution in [0, 0.1) is 10.1 Å². The number of benzene rings is 2. The van der Waals surface area contributed by atoms with Crippen LogP contribution >= 0.6 is 0 Å². The molecule has 2 aromatic rings. The maximum absolute atomic E-state index is 11.7. The fourth-order valence-electron chi connectivity index (χ4n) is 2.04. The highest BCUT2D eigenvalue weighted by Gasteiger charge is 2.12. The highest BCUT2D eigenvalue weighted by atomic mass is 16.6. The minimum absolute atomic E-state index is 0.0831. The van der Waals surface area contributed by atoms with E-state index in [4.69, 9.17) is 4.74 Å². The van der Waals surface area contributed by atoms with Gasteiger partial charge in [0.25, 0.3) is 5.69 Å². The van der Waals surface area contributed by atoms with Crippen molar-refractivity contribution in [3.8, 4) is 0 Å². The minimum atomic E-state index is -0.399. The van der Waals surface area contributed by atoms with E-state index in [-0.39, 0.29) is 11.7 Å². The number of nitrogens with zero attached hydrogens (tertiary/aromatic N) is 1. The van der Waals surface area contributed by atoms with Crippen LogP contribution in [0.3, 0.4) is 0 Å². The molecular weight excluding hydrogens is 296 g/mol. The van der Waals surface area contributed by atoms with Crippen molar-refractivity contribution in [1.82, 2.24) is 0 Å². The summed E-state index contributed by atoms with van der Waals surface area (Å²) in [4.78, 5) is 22.3. The van der Waals surface area contributed by atoms with Crippen LogP contribution in [0.15, 0.2) is 48.5 Å². The predicted octanol–water partition coefficient (Wildman–Crippen LogP) is 3.77. The van der Waals surface area contributed by atoms with Crippen molar-refractivity contribution < 1.29 is 14.5 Å². The summed E-state index contributed by atoms with van der Waals surface area (Å²) < 4.78 is 5.05. The van der Waals surface area contributed by atoms with Crippen LogP contribution in [-0.4, -0.2) is 17.5 Å². The Balaban J connectivity index is 1.99. The van der Waals surface area contributed by atoms with E-state index in [9.17, 15) is 14.9 Å². The third kappa shape index (κ3) is 4.54. The number of hydrogen-bond donors (Lipinski definition) is 1. The molecule has 2 aromatic carbocycles. The van der Waals surface area contributed by atoms with E-state index in [0.717, 1.165) is 12.1 Å². The average Bonchev–Trinajstić information content (AvgIpc) is 2.58. The van der Waals surface area contributed by atoms with Gasteiger partial charge in [-0.3, -0.25) is 10.1 Å². The Morgan fingerprint density at radius 3 is 2.52 bits per heavy atom. The summed E-state index contributed by atoms with van der Waals surface area (Å²) in [6.45, 7) is 2.66. The zero-order chi connectivity index (χ0) is 16.7. The summed E-state index contributed by atoms with van der Waals surface area (Å²) in [5.41, 5.74) is 1.94. The summed E-state index contributed by atoms with van der Waals surface area (Å²) in [7, 11) is 0. The van der Waals surface area contributed by atoms with Gasteiger partial charge in [-0.15, -0.1) is 0 Å². The van der Waals surface area contributed by atoms with Crippen LogP contribution in [-0.2, 0) is 11.3 Å². The molecule has 1 N–H and O–H groups in total. The smallest absolute Gasteiger partial charge is 0.338 e. The van der Waals surface area contributed by atoms with Gasteiger partial charge in [0.05, 0.1) is 17.1 Å². The predicted molar refractivity (Wildman–Crippen MR) is 87.4 cm³/mol. The standard InChI is InChI=1S/C17H18N2O4/c1-2-11-23-17(20)13-7-9-15(10-8-13)18-12-14-5-3-4-6-16(14)19(21)22/h3-10,18H,2,11-12H2,1H3. The van der Waals surface area contributed by atoms with Gasteiger partial charge in [-0.2, -0.15) is 0 Å². The molecule has 0 atom stereocenters. The normalized spacial score (nSPS) is 10.1. The lowest BCUT2D eigenvalue weighted by atomic mass is 10.1. The Morgan fingerprint density at radius 2 is 1.87 bits per heavy atom. The Kier molecular flexibility index (Phi) is 5.68. The molecule has 0 bridgehead atoms. The number of esters is 1. The van der Waals surface area contributed by atoms with Gasteiger partial charge in [-0.05, 0) is 30.7 Å². The highest BCUT2D eigenvalue weighted by molar-refractivity contribution is 5.89. The van der Waals surface area contributed by atoms with Gasteiger partial charge in [-0.1, -0.05) is 25.1 Å². The van der Waals surface area contributed by atoms with E-state index >= 15 is 0 Å². The Morgan fingerprint density at radius 1 is 1.17 bits per heavy atom. The van der Waals surface area contributed by atoms with Gasteiger partial charge in [0.1, 0.15) is 0 Å². The zero-order valence-electron chi connectivity index (χ0n) is 12.8. The van der Waals surface area contributed by atoms with Crippen molar-refractivity contribution in [3.05, 3.63) is 69.8 Å². The molecule has 0 fully saturated rings. The van der Waals surface area contributed by atoms with Gasteiger partial charge in [0.2, 0.25) is 0 Å². The molecule has 23 heavy (non-hydrogen) atoms. The molecule has 0 saturated carbocycles. The second-order valence-corrected chi connectivity index (χ2v) is 4.95. The highest BCUT2D eigenvalue weighted by Crippen LogP contribution is 2.19. The van der Waals surface area contributed by atoms with Crippen LogP contribution in [0.4, 0.5) is 11.4 Å². The molecule has 2 rings (SSSR count). The number of carbonyl (C=O) groups excluding carboxylic acids is 1. The van der Waals surface area contributed by atoms with Gasteiger partial charge in [0.15, 0.2) is 0 Å². The summed E-state index contributed by atoms with van der Waals surface area (Å²) >= 11 is 0. The maximum atomic E-state index is 11.7. The first kappa shape index (κ1) is 16.5. The lowest BCUT2D eigenvalue weighted by Gasteiger charge is -2.08.